The van der Waals surface area contributed by atoms with E-state index in [0.29, 0.717) is 43.2 Å². The maximum absolute atomic E-state index is 11.1. The van der Waals surface area contributed by atoms with Gasteiger partial charge in [-0.2, -0.15) is 0 Å². The zero-order valence-electron chi connectivity index (χ0n) is 23.5. The lowest BCUT2D eigenvalue weighted by Gasteiger charge is -2.29. The Bertz CT molecular complexity index is 1010. The standard InChI is InChI=1S/C32H43ClO8/c33-23-10-9-11-24(20-23)39-22-25(40-31-14-5-7-18-37-31)16-17-26-27(12-3-1-2-4-13-30(35)36)29(21-28(26)34)41-32-15-6-8-19-38-32/h1,3-4,9-11,13,16-17,20,25-29,31-32,34H,2,5-8,12,14-15,18-19,21-22H2,(H,35,36)/b3-1-,13-4+,17-16+/t25-,26-,27-,28-,29+,31?,32?/m1/s1. The molecule has 0 aromatic heterocycles. The van der Waals surface area contributed by atoms with Gasteiger partial charge in [0, 0.05) is 36.7 Å². The first-order chi connectivity index (χ1) is 20.0. The van der Waals surface area contributed by atoms with Crippen LogP contribution in [0.3, 0.4) is 0 Å². The Labute approximate surface area is 247 Å². The number of carboxylic acids is 1. The molecule has 3 aliphatic rings. The van der Waals surface area contributed by atoms with E-state index in [9.17, 15) is 9.90 Å². The van der Waals surface area contributed by atoms with E-state index in [1.54, 1.807) is 18.2 Å². The van der Waals surface area contributed by atoms with E-state index in [-0.39, 0.29) is 43.2 Å². The summed E-state index contributed by atoms with van der Waals surface area (Å²) in [5, 5.41) is 20.6. The molecule has 1 aromatic carbocycles. The second-order valence-electron chi connectivity index (χ2n) is 10.8. The molecule has 41 heavy (non-hydrogen) atoms. The van der Waals surface area contributed by atoms with Gasteiger partial charge in [-0.25, -0.2) is 4.79 Å². The molecule has 2 unspecified atom stereocenters. The molecule has 1 saturated carbocycles. The van der Waals surface area contributed by atoms with Gasteiger partial charge in [0.1, 0.15) is 18.5 Å². The fourth-order valence-electron chi connectivity index (χ4n) is 5.59. The molecule has 0 spiro atoms. The summed E-state index contributed by atoms with van der Waals surface area (Å²) in [5.41, 5.74) is 0. The van der Waals surface area contributed by atoms with E-state index in [1.165, 1.54) is 0 Å². The summed E-state index contributed by atoms with van der Waals surface area (Å²) >= 11 is 6.13. The molecule has 0 amide bonds. The van der Waals surface area contributed by atoms with Crippen molar-refractivity contribution in [2.24, 2.45) is 11.8 Å². The van der Waals surface area contributed by atoms with Crippen LogP contribution in [0.25, 0.3) is 0 Å². The molecule has 2 N–H and O–H groups in total. The molecule has 8 nitrogen and oxygen atoms in total. The molecule has 1 aliphatic carbocycles. The number of ether oxygens (including phenoxy) is 5. The fourth-order valence-corrected chi connectivity index (χ4v) is 5.77. The van der Waals surface area contributed by atoms with Crippen molar-refractivity contribution in [2.75, 3.05) is 19.8 Å². The van der Waals surface area contributed by atoms with E-state index >= 15 is 0 Å². The minimum atomic E-state index is -0.960. The average molecular weight is 591 g/mol. The lowest BCUT2D eigenvalue weighted by atomic mass is 9.89. The number of hydrogen-bond acceptors (Lipinski definition) is 7. The zero-order valence-corrected chi connectivity index (χ0v) is 24.3. The van der Waals surface area contributed by atoms with Crippen molar-refractivity contribution in [3.8, 4) is 5.75 Å². The summed E-state index contributed by atoms with van der Waals surface area (Å²) in [7, 11) is 0. The van der Waals surface area contributed by atoms with Crippen molar-refractivity contribution in [3.05, 3.63) is 65.7 Å². The second kappa shape index (κ2) is 17.0. The van der Waals surface area contributed by atoms with Crippen molar-refractivity contribution in [1.82, 2.24) is 0 Å². The molecule has 2 heterocycles. The van der Waals surface area contributed by atoms with Crippen molar-refractivity contribution < 1.29 is 38.7 Å². The van der Waals surface area contributed by atoms with Crippen LogP contribution in [0.2, 0.25) is 5.02 Å². The average Bonchev–Trinajstić information content (AvgIpc) is 3.26. The predicted octanol–water partition coefficient (Wildman–Crippen LogP) is 6.07. The van der Waals surface area contributed by atoms with Gasteiger partial charge in [0.05, 0.1) is 12.2 Å². The van der Waals surface area contributed by atoms with Crippen LogP contribution in [-0.2, 0) is 23.7 Å². The first-order valence-electron chi connectivity index (χ1n) is 14.8. The first kappa shape index (κ1) is 31.7. The third-order valence-corrected chi connectivity index (χ3v) is 7.92. The number of rotatable bonds is 14. The van der Waals surface area contributed by atoms with Gasteiger partial charge in [-0.15, -0.1) is 0 Å². The van der Waals surface area contributed by atoms with E-state index in [1.807, 2.05) is 36.4 Å². The molecular weight excluding hydrogens is 548 g/mol. The zero-order chi connectivity index (χ0) is 28.9. The number of aliphatic carboxylic acids is 1. The van der Waals surface area contributed by atoms with Crippen LogP contribution in [0.15, 0.2) is 60.7 Å². The molecule has 1 aromatic rings. The maximum atomic E-state index is 11.1. The molecule has 0 radical (unpaired) electrons. The smallest absolute Gasteiger partial charge is 0.327 e. The minimum absolute atomic E-state index is 0.0203. The molecule has 4 rings (SSSR count). The second-order valence-corrected chi connectivity index (χ2v) is 11.3. The van der Waals surface area contributed by atoms with E-state index < -0.39 is 12.1 Å². The highest BCUT2D eigenvalue weighted by Gasteiger charge is 2.42. The Hall–Kier alpha value is -2.20. The number of carbonyl (C=O) groups is 1. The lowest BCUT2D eigenvalue weighted by molar-refractivity contribution is -0.195. The van der Waals surface area contributed by atoms with Crippen LogP contribution < -0.4 is 4.74 Å². The normalized spacial score (nSPS) is 29.9. The summed E-state index contributed by atoms with van der Waals surface area (Å²) in [5.74, 6) is -0.441. The van der Waals surface area contributed by atoms with Crippen molar-refractivity contribution in [1.29, 1.82) is 0 Å². The van der Waals surface area contributed by atoms with Crippen LogP contribution in [0.5, 0.6) is 5.75 Å². The molecule has 9 heteroatoms. The number of allylic oxidation sites excluding steroid dienone is 3. The van der Waals surface area contributed by atoms with E-state index in [0.717, 1.165) is 44.6 Å². The Morgan fingerprint density at radius 3 is 2.56 bits per heavy atom. The largest absolute Gasteiger partial charge is 0.490 e. The number of hydrogen-bond donors (Lipinski definition) is 2. The van der Waals surface area contributed by atoms with Gasteiger partial charge in [0.25, 0.3) is 0 Å². The summed E-state index contributed by atoms with van der Waals surface area (Å²) < 4.78 is 30.4. The van der Waals surface area contributed by atoms with E-state index in [2.05, 4.69) is 0 Å². The van der Waals surface area contributed by atoms with Crippen LogP contribution >= 0.6 is 11.6 Å². The van der Waals surface area contributed by atoms with Crippen LogP contribution in [0.1, 0.15) is 57.8 Å². The third-order valence-electron chi connectivity index (χ3n) is 7.68. The molecular formula is C32H43ClO8. The topological polar surface area (TPSA) is 104 Å². The molecule has 2 saturated heterocycles. The Morgan fingerprint density at radius 2 is 1.85 bits per heavy atom. The van der Waals surface area contributed by atoms with Crippen LogP contribution in [-0.4, -0.2) is 66.9 Å². The van der Waals surface area contributed by atoms with Gasteiger partial charge in [-0.3, -0.25) is 0 Å². The van der Waals surface area contributed by atoms with Gasteiger partial charge in [0.2, 0.25) is 0 Å². The molecule has 226 valence electrons. The highest BCUT2D eigenvalue weighted by Crippen LogP contribution is 2.39. The molecule has 3 fully saturated rings. The quantitative estimate of drug-likeness (QED) is 0.199. The van der Waals surface area contributed by atoms with E-state index in [4.69, 9.17) is 40.4 Å². The predicted molar refractivity (Wildman–Crippen MR) is 156 cm³/mol. The van der Waals surface area contributed by atoms with Gasteiger partial charge < -0.3 is 33.9 Å². The van der Waals surface area contributed by atoms with Gasteiger partial charge in [-0.1, -0.05) is 48.0 Å². The van der Waals surface area contributed by atoms with Gasteiger partial charge >= 0.3 is 5.97 Å². The maximum Gasteiger partial charge on any atom is 0.327 e. The van der Waals surface area contributed by atoms with Crippen molar-refractivity contribution in [3.63, 3.8) is 0 Å². The first-order valence-corrected chi connectivity index (χ1v) is 15.2. The monoisotopic (exact) mass is 590 g/mol. The highest BCUT2D eigenvalue weighted by molar-refractivity contribution is 6.30. The number of benzene rings is 1. The minimum Gasteiger partial charge on any atom is -0.490 e. The van der Waals surface area contributed by atoms with Crippen LogP contribution in [0.4, 0.5) is 0 Å². The van der Waals surface area contributed by atoms with Gasteiger partial charge in [-0.05, 0) is 75.5 Å². The van der Waals surface area contributed by atoms with Gasteiger partial charge in [0.15, 0.2) is 12.6 Å². The van der Waals surface area contributed by atoms with Crippen molar-refractivity contribution >= 4 is 17.6 Å². The Kier molecular flexibility index (Phi) is 13.2. The molecule has 0 bridgehead atoms. The highest BCUT2D eigenvalue weighted by atomic mass is 35.5. The summed E-state index contributed by atoms with van der Waals surface area (Å²) in [6, 6.07) is 7.26. The Morgan fingerprint density at radius 1 is 1.07 bits per heavy atom. The number of aliphatic hydroxyl groups is 1. The third kappa shape index (κ3) is 10.9. The molecule has 7 atom stereocenters. The SMILES string of the molecule is O=C(O)/C=C/C/C=C\C[C@@H]1[C@@H](/C=C/[C@H](COc2cccc(Cl)c2)OC2CCCCO2)[C@H](O)C[C@@H]1OC1CCCCO1. The van der Waals surface area contributed by atoms with Crippen LogP contribution in [0, 0.1) is 11.8 Å². The summed E-state index contributed by atoms with van der Waals surface area (Å²) in [6.07, 6.45) is 16.7. The number of halogens is 1. The number of aliphatic hydroxyl groups excluding tert-OH is 1. The number of carboxylic acid groups (broad SMARTS) is 1. The summed E-state index contributed by atoms with van der Waals surface area (Å²) in [6.45, 7) is 1.64. The fraction of sp³-hybridized carbons (Fsp3) is 0.594. The van der Waals surface area contributed by atoms with Crippen molar-refractivity contribution in [2.45, 2.75) is 88.7 Å². The molecule has 2 aliphatic heterocycles. The Balaban J connectivity index is 1.45. The summed E-state index contributed by atoms with van der Waals surface area (Å²) in [4.78, 5) is 10.7. The lowest BCUT2D eigenvalue weighted by Crippen LogP contribution is -2.31.